The summed E-state index contributed by atoms with van der Waals surface area (Å²) < 4.78 is 10.3. The van der Waals surface area contributed by atoms with Crippen LogP contribution in [0.15, 0.2) is 23.8 Å². The van der Waals surface area contributed by atoms with Crippen molar-refractivity contribution < 1.29 is 13.5 Å². The molecule has 1 aromatic carbocycles. The first-order chi connectivity index (χ1) is 13.1. The highest BCUT2D eigenvalue weighted by Crippen LogP contribution is 2.62. The molecule has 2 saturated carbocycles. The predicted octanol–water partition coefficient (Wildman–Crippen LogP) is 5.82. The van der Waals surface area contributed by atoms with Crippen molar-refractivity contribution in [3.8, 4) is 5.75 Å². The van der Waals surface area contributed by atoms with Crippen LogP contribution in [0.1, 0.15) is 75.5 Å². The number of aryl methyl sites for hydroxylation is 2. The first-order valence-corrected chi connectivity index (χ1v) is 11.0. The van der Waals surface area contributed by atoms with Crippen LogP contribution in [0, 0.1) is 17.3 Å². The van der Waals surface area contributed by atoms with Crippen molar-refractivity contribution in [1.82, 2.24) is 0 Å². The molecule has 0 bridgehead atoms. The van der Waals surface area contributed by atoms with Crippen LogP contribution in [-0.2, 0) is 22.2 Å². The lowest BCUT2D eigenvalue weighted by Gasteiger charge is -2.49. The van der Waals surface area contributed by atoms with Crippen LogP contribution in [0.3, 0.4) is 0 Å². The molecule has 5 heteroatoms. The zero-order valence-electron chi connectivity index (χ0n) is 16.6. The minimum Gasteiger partial charge on any atom is -0.398 e. The van der Waals surface area contributed by atoms with Crippen LogP contribution in [-0.4, -0.2) is 0 Å². The van der Waals surface area contributed by atoms with Gasteiger partial charge in [-0.2, -0.15) is 5.90 Å². The van der Waals surface area contributed by atoms with E-state index in [-0.39, 0.29) is 0 Å². The molecule has 0 amide bonds. The lowest BCUT2D eigenvalue weighted by Crippen LogP contribution is -2.40. The van der Waals surface area contributed by atoms with Crippen LogP contribution in [0.2, 0.25) is 0 Å². The molecule has 2 fully saturated rings. The molecule has 3 aliphatic carbocycles. The van der Waals surface area contributed by atoms with Crippen molar-refractivity contribution in [2.45, 2.75) is 71.6 Å². The van der Waals surface area contributed by atoms with Gasteiger partial charge in [0.2, 0.25) is 0 Å². The van der Waals surface area contributed by atoms with E-state index >= 15 is 0 Å². The molecule has 4 atom stereocenters. The Labute approximate surface area is 167 Å². The van der Waals surface area contributed by atoms with E-state index in [1.165, 1.54) is 43.2 Å². The molecule has 0 aliphatic heterocycles. The van der Waals surface area contributed by atoms with Crippen molar-refractivity contribution in [2.75, 3.05) is 0 Å². The number of nitrogens with two attached hydrogens (primary N) is 1. The number of benzene rings is 1. The zero-order valence-corrected chi connectivity index (χ0v) is 17.4. The van der Waals surface area contributed by atoms with Crippen LogP contribution in [0.25, 0.3) is 0 Å². The molecule has 4 nitrogen and oxygen atoms in total. The molecule has 0 saturated heterocycles. The minimum absolute atomic E-state index is 0.445. The average Bonchev–Trinajstić information content (AvgIpc) is 3.03. The molecular formula is C22H31NO3S. The van der Waals surface area contributed by atoms with E-state index < -0.39 is 0 Å². The summed E-state index contributed by atoms with van der Waals surface area (Å²) in [6.45, 7) is 6.95. The van der Waals surface area contributed by atoms with Gasteiger partial charge in [-0.3, -0.25) is 0 Å². The molecular weight excluding hydrogens is 358 g/mol. The van der Waals surface area contributed by atoms with E-state index in [1.54, 1.807) is 11.1 Å². The van der Waals surface area contributed by atoms with Gasteiger partial charge in [0.25, 0.3) is 12.3 Å². The molecule has 0 spiro atoms. The summed E-state index contributed by atoms with van der Waals surface area (Å²) >= 11 is 0.771. The van der Waals surface area contributed by atoms with Gasteiger partial charge in [0, 0.05) is 0 Å². The Hall–Kier alpha value is -1.01. The Morgan fingerprint density at radius 2 is 2.11 bits per heavy atom. The standard InChI is InChI=1S/C22H31NO3S/c1-4-14-12-19-15(13-21(14)24-27-26-25-23)6-8-18-17(19)10-11-22(3)16(5-2)7-9-20(18)22/h5,12-13,17-18,20H,4,6-11,23H2,1-3H3/t17-,18+,20-,22+/m0/s1. The van der Waals surface area contributed by atoms with E-state index in [1.807, 2.05) is 0 Å². The maximum atomic E-state index is 5.67. The summed E-state index contributed by atoms with van der Waals surface area (Å²) in [5, 5.41) is 0. The maximum absolute atomic E-state index is 5.67. The summed E-state index contributed by atoms with van der Waals surface area (Å²) in [4.78, 5) is 4.12. The summed E-state index contributed by atoms with van der Waals surface area (Å²) in [5.74, 6) is 8.15. The van der Waals surface area contributed by atoms with Gasteiger partial charge >= 0.3 is 0 Å². The summed E-state index contributed by atoms with van der Waals surface area (Å²) in [7, 11) is 0. The summed E-state index contributed by atoms with van der Waals surface area (Å²) in [5.41, 5.74) is 6.42. The fraction of sp³-hybridized carbons (Fsp3) is 0.636. The van der Waals surface area contributed by atoms with Crippen molar-refractivity contribution in [1.29, 1.82) is 0 Å². The molecule has 1 aromatic rings. The third-order valence-electron chi connectivity index (χ3n) is 7.67. The highest BCUT2D eigenvalue weighted by atomic mass is 32.2. The lowest BCUT2D eigenvalue weighted by molar-refractivity contribution is -0.199. The topological polar surface area (TPSA) is 53.7 Å². The highest BCUT2D eigenvalue weighted by molar-refractivity contribution is 7.90. The molecule has 0 radical (unpaired) electrons. The van der Waals surface area contributed by atoms with E-state index in [9.17, 15) is 0 Å². The first kappa shape index (κ1) is 19.3. The van der Waals surface area contributed by atoms with Crippen molar-refractivity contribution in [3.05, 3.63) is 40.5 Å². The second-order valence-electron chi connectivity index (χ2n) is 8.55. The van der Waals surface area contributed by atoms with Crippen molar-refractivity contribution >= 4 is 12.3 Å². The number of hydrogen-bond donors (Lipinski definition) is 1. The number of rotatable bonds is 5. The number of fused-ring (bicyclic) bond motifs is 5. The van der Waals surface area contributed by atoms with E-state index in [0.29, 0.717) is 11.3 Å². The summed E-state index contributed by atoms with van der Waals surface area (Å²) in [6, 6.07) is 4.62. The van der Waals surface area contributed by atoms with Crippen LogP contribution < -0.4 is 10.1 Å². The van der Waals surface area contributed by atoms with Crippen molar-refractivity contribution in [3.63, 3.8) is 0 Å². The van der Waals surface area contributed by atoms with Gasteiger partial charge in [-0.25, -0.2) is 0 Å². The molecule has 2 N–H and O–H groups in total. The quantitative estimate of drug-likeness (QED) is 0.226. The van der Waals surface area contributed by atoms with Crippen LogP contribution in [0.4, 0.5) is 0 Å². The van der Waals surface area contributed by atoms with Gasteiger partial charge in [-0.1, -0.05) is 31.6 Å². The third-order valence-corrected chi connectivity index (χ3v) is 8.06. The highest BCUT2D eigenvalue weighted by Gasteiger charge is 2.52. The first-order valence-electron chi connectivity index (χ1n) is 10.3. The molecule has 148 valence electrons. The van der Waals surface area contributed by atoms with E-state index in [2.05, 4.69) is 48.3 Å². The lowest BCUT2D eigenvalue weighted by atomic mass is 9.55. The Morgan fingerprint density at radius 1 is 1.26 bits per heavy atom. The largest absolute Gasteiger partial charge is 0.398 e. The maximum Gasteiger partial charge on any atom is 0.260 e. The van der Waals surface area contributed by atoms with Gasteiger partial charge < -0.3 is 4.18 Å². The van der Waals surface area contributed by atoms with Gasteiger partial charge in [-0.15, -0.1) is 9.32 Å². The molecule has 4 rings (SSSR count). The molecule has 0 unspecified atom stereocenters. The normalized spacial score (nSPS) is 33.5. The SMILES string of the molecule is CC=C1CC[C@H]2[C@@H]3CCc4cc(OSOON)c(CC)cc4[C@H]3CC[C@]12C. The molecule has 0 aromatic heterocycles. The minimum atomic E-state index is 0.445. The Balaban J connectivity index is 1.63. The van der Waals surface area contributed by atoms with Gasteiger partial charge in [0.05, 0.1) is 0 Å². The second-order valence-corrected chi connectivity index (χ2v) is 8.99. The Morgan fingerprint density at radius 3 is 2.85 bits per heavy atom. The Kier molecular flexibility index (Phi) is 5.57. The number of allylic oxidation sites excluding steroid dienone is 2. The van der Waals surface area contributed by atoms with Crippen LogP contribution >= 0.6 is 12.3 Å². The van der Waals surface area contributed by atoms with Crippen molar-refractivity contribution in [2.24, 2.45) is 23.1 Å². The van der Waals surface area contributed by atoms with Gasteiger partial charge in [0.1, 0.15) is 5.75 Å². The monoisotopic (exact) mass is 389 g/mol. The zero-order chi connectivity index (χ0) is 19.0. The van der Waals surface area contributed by atoms with Gasteiger partial charge in [0.15, 0.2) is 0 Å². The fourth-order valence-corrected chi connectivity index (χ4v) is 6.68. The smallest absolute Gasteiger partial charge is 0.260 e. The third kappa shape index (κ3) is 3.23. The molecule has 27 heavy (non-hydrogen) atoms. The molecule has 3 aliphatic rings. The van der Waals surface area contributed by atoms with Gasteiger partial charge in [-0.05, 0) is 97.8 Å². The number of hydrogen-bond acceptors (Lipinski definition) is 5. The summed E-state index contributed by atoms with van der Waals surface area (Å²) in [6.07, 6.45) is 11.1. The fourth-order valence-electron chi connectivity index (χ4n) is 6.39. The Bertz CT molecular complexity index is 735. The molecule has 0 heterocycles. The average molecular weight is 390 g/mol. The van der Waals surface area contributed by atoms with E-state index in [0.717, 1.165) is 42.8 Å². The van der Waals surface area contributed by atoms with Crippen LogP contribution in [0.5, 0.6) is 5.75 Å². The second kappa shape index (κ2) is 7.78. The predicted molar refractivity (Wildman–Crippen MR) is 109 cm³/mol. The van der Waals surface area contributed by atoms with E-state index in [4.69, 9.17) is 10.1 Å².